The van der Waals surface area contributed by atoms with Crippen molar-refractivity contribution in [1.29, 1.82) is 0 Å². The van der Waals surface area contributed by atoms with E-state index < -0.39 is 0 Å². The summed E-state index contributed by atoms with van der Waals surface area (Å²) in [5.41, 5.74) is 3.31. The number of hydrogen-bond donors (Lipinski definition) is 1. The molecule has 0 unspecified atom stereocenters. The van der Waals surface area contributed by atoms with Gasteiger partial charge in [0.05, 0.1) is 5.69 Å². The minimum absolute atomic E-state index is 0.0179. The lowest BCUT2D eigenvalue weighted by molar-refractivity contribution is -0.115. The maximum Gasteiger partial charge on any atom is 0.226 e. The molecule has 3 nitrogen and oxygen atoms in total. The van der Waals surface area contributed by atoms with Crippen LogP contribution in [0.2, 0.25) is 5.02 Å². The summed E-state index contributed by atoms with van der Waals surface area (Å²) in [5, 5.41) is 6.23. The second-order valence-electron chi connectivity index (χ2n) is 6.09. The first kappa shape index (κ1) is 19.9. The Kier molecular flexibility index (Phi) is 7.33. The van der Waals surface area contributed by atoms with Crippen LogP contribution in [-0.4, -0.2) is 16.6 Å². The lowest BCUT2D eigenvalue weighted by atomic mass is 10.1. The number of carbonyl (C=O) groups is 1. The lowest BCUT2D eigenvalue weighted by Gasteiger charge is -2.03. The van der Waals surface area contributed by atoms with Gasteiger partial charge in [-0.3, -0.25) is 4.79 Å². The summed E-state index contributed by atoms with van der Waals surface area (Å²) < 4.78 is 0. The number of halogens is 1. The third-order valence-electron chi connectivity index (χ3n) is 3.95. The van der Waals surface area contributed by atoms with Crippen molar-refractivity contribution in [2.45, 2.75) is 31.1 Å². The van der Waals surface area contributed by atoms with Gasteiger partial charge in [-0.05, 0) is 36.2 Å². The maximum absolute atomic E-state index is 12.1. The van der Waals surface area contributed by atoms with Crippen LogP contribution < -0.4 is 5.32 Å². The molecule has 0 aliphatic carbocycles. The van der Waals surface area contributed by atoms with Gasteiger partial charge in [-0.15, -0.1) is 23.1 Å². The molecule has 6 heteroatoms. The molecule has 1 heterocycles. The highest BCUT2D eigenvalue weighted by Gasteiger charge is 2.08. The van der Waals surface area contributed by atoms with Crippen molar-refractivity contribution in [1.82, 2.24) is 4.98 Å². The Hall–Kier alpha value is -1.82. The van der Waals surface area contributed by atoms with E-state index in [2.05, 4.69) is 41.5 Å². The van der Waals surface area contributed by atoms with E-state index in [1.807, 2.05) is 29.6 Å². The standard InChI is InChI=1S/C21H21ClN2OS2/c1-2-3-15-4-6-16(7-5-15)19-14-27-21(23-19)24-20(25)12-13-26-18-10-8-17(22)9-11-18/h4-11,14H,2-3,12-13H2,1H3,(H,23,24,25). The smallest absolute Gasteiger partial charge is 0.226 e. The molecule has 0 bridgehead atoms. The van der Waals surface area contributed by atoms with Crippen LogP contribution >= 0.6 is 34.7 Å². The summed E-state index contributed by atoms with van der Waals surface area (Å²) in [6.45, 7) is 2.18. The molecule has 27 heavy (non-hydrogen) atoms. The molecule has 3 rings (SSSR count). The topological polar surface area (TPSA) is 42.0 Å². The number of aromatic nitrogens is 1. The highest BCUT2D eigenvalue weighted by Crippen LogP contribution is 2.26. The summed E-state index contributed by atoms with van der Waals surface area (Å²) in [6, 6.07) is 16.1. The Labute approximate surface area is 173 Å². The van der Waals surface area contributed by atoms with Crippen molar-refractivity contribution in [2.75, 3.05) is 11.1 Å². The Bertz CT molecular complexity index is 876. The van der Waals surface area contributed by atoms with Gasteiger partial charge in [-0.25, -0.2) is 4.98 Å². The molecule has 0 aliphatic heterocycles. The Morgan fingerprint density at radius 3 is 2.59 bits per heavy atom. The molecule has 0 radical (unpaired) electrons. The first-order valence-corrected chi connectivity index (χ1v) is 11.1. The predicted octanol–water partition coefficient (Wildman–Crippen LogP) is 6.54. The Morgan fingerprint density at radius 2 is 1.89 bits per heavy atom. The fraction of sp³-hybridized carbons (Fsp3) is 0.238. The van der Waals surface area contributed by atoms with E-state index in [-0.39, 0.29) is 5.91 Å². The highest BCUT2D eigenvalue weighted by molar-refractivity contribution is 7.99. The molecule has 0 saturated heterocycles. The average molecular weight is 417 g/mol. The number of nitrogens with one attached hydrogen (secondary N) is 1. The van der Waals surface area contributed by atoms with Crippen LogP contribution in [0.25, 0.3) is 11.3 Å². The molecule has 2 aromatic carbocycles. The number of thioether (sulfide) groups is 1. The average Bonchev–Trinajstić information content (AvgIpc) is 3.13. The SMILES string of the molecule is CCCc1ccc(-c2csc(NC(=O)CCSc3ccc(Cl)cc3)n2)cc1. The molecule has 0 aliphatic rings. The van der Waals surface area contributed by atoms with Gasteiger partial charge in [0.25, 0.3) is 0 Å². The van der Waals surface area contributed by atoms with E-state index in [0.29, 0.717) is 17.3 Å². The molecule has 0 atom stereocenters. The van der Waals surface area contributed by atoms with Crippen molar-refractivity contribution in [3.8, 4) is 11.3 Å². The summed E-state index contributed by atoms with van der Waals surface area (Å²) in [7, 11) is 0. The van der Waals surface area contributed by atoms with E-state index in [1.54, 1.807) is 11.8 Å². The molecular weight excluding hydrogens is 396 g/mol. The highest BCUT2D eigenvalue weighted by atomic mass is 35.5. The van der Waals surface area contributed by atoms with E-state index in [9.17, 15) is 4.79 Å². The van der Waals surface area contributed by atoms with Gasteiger partial charge in [-0.2, -0.15) is 0 Å². The number of aryl methyl sites for hydroxylation is 1. The van der Waals surface area contributed by atoms with Gasteiger partial charge in [0.15, 0.2) is 5.13 Å². The van der Waals surface area contributed by atoms with Gasteiger partial charge in [-0.1, -0.05) is 49.2 Å². The number of anilines is 1. The Balaban J connectivity index is 1.49. The molecule has 1 N–H and O–H groups in total. The van der Waals surface area contributed by atoms with Crippen LogP contribution in [0, 0.1) is 0 Å². The number of benzene rings is 2. The summed E-state index contributed by atoms with van der Waals surface area (Å²) >= 11 is 8.97. The van der Waals surface area contributed by atoms with Gasteiger partial charge in [0.1, 0.15) is 0 Å². The molecule has 1 aromatic heterocycles. The number of amides is 1. The van der Waals surface area contributed by atoms with E-state index in [0.717, 1.165) is 34.0 Å². The van der Waals surface area contributed by atoms with Crippen molar-refractivity contribution < 1.29 is 4.79 Å². The van der Waals surface area contributed by atoms with Crippen LogP contribution in [0.3, 0.4) is 0 Å². The van der Waals surface area contributed by atoms with Crippen molar-refractivity contribution in [3.05, 3.63) is 64.5 Å². The maximum atomic E-state index is 12.1. The first-order chi connectivity index (χ1) is 13.1. The zero-order chi connectivity index (χ0) is 19.1. The number of thiazole rings is 1. The first-order valence-electron chi connectivity index (χ1n) is 8.87. The zero-order valence-corrected chi connectivity index (χ0v) is 17.5. The third kappa shape index (κ3) is 6.09. The van der Waals surface area contributed by atoms with Crippen molar-refractivity contribution in [3.63, 3.8) is 0 Å². The molecule has 3 aromatic rings. The number of rotatable bonds is 8. The van der Waals surface area contributed by atoms with Crippen LogP contribution in [-0.2, 0) is 11.2 Å². The van der Waals surface area contributed by atoms with Gasteiger partial charge >= 0.3 is 0 Å². The minimum Gasteiger partial charge on any atom is -0.302 e. The van der Waals surface area contributed by atoms with Gasteiger partial charge in [0, 0.05) is 33.0 Å². The summed E-state index contributed by atoms with van der Waals surface area (Å²) in [6.07, 6.45) is 2.67. The van der Waals surface area contributed by atoms with Gasteiger partial charge in [0.2, 0.25) is 5.91 Å². The van der Waals surface area contributed by atoms with Crippen LogP contribution in [0.15, 0.2) is 58.8 Å². The molecule has 0 saturated carbocycles. The third-order valence-corrected chi connectivity index (χ3v) is 5.97. The van der Waals surface area contributed by atoms with Crippen molar-refractivity contribution in [2.24, 2.45) is 0 Å². The molecule has 140 valence electrons. The Morgan fingerprint density at radius 1 is 1.15 bits per heavy atom. The monoisotopic (exact) mass is 416 g/mol. The summed E-state index contributed by atoms with van der Waals surface area (Å²) in [5.74, 6) is 0.695. The minimum atomic E-state index is -0.0179. The lowest BCUT2D eigenvalue weighted by Crippen LogP contribution is -2.11. The van der Waals surface area contributed by atoms with Crippen LogP contribution in [0.5, 0.6) is 0 Å². The summed E-state index contributed by atoms with van der Waals surface area (Å²) in [4.78, 5) is 17.8. The molecule has 0 spiro atoms. The normalized spacial score (nSPS) is 10.7. The second-order valence-corrected chi connectivity index (χ2v) is 8.55. The second kappa shape index (κ2) is 9.93. The number of hydrogen-bond acceptors (Lipinski definition) is 4. The largest absolute Gasteiger partial charge is 0.302 e. The van der Waals surface area contributed by atoms with Gasteiger partial charge < -0.3 is 5.32 Å². The van der Waals surface area contributed by atoms with E-state index >= 15 is 0 Å². The molecule has 0 fully saturated rings. The predicted molar refractivity (Wildman–Crippen MR) is 117 cm³/mol. The fourth-order valence-electron chi connectivity index (χ4n) is 2.57. The van der Waals surface area contributed by atoms with E-state index in [4.69, 9.17) is 11.6 Å². The number of nitrogens with zero attached hydrogens (tertiary/aromatic N) is 1. The molecule has 1 amide bonds. The fourth-order valence-corrected chi connectivity index (χ4v) is 4.28. The van der Waals surface area contributed by atoms with Crippen molar-refractivity contribution >= 4 is 45.7 Å². The number of carbonyl (C=O) groups excluding carboxylic acids is 1. The molecular formula is C21H21ClN2OS2. The van der Waals surface area contributed by atoms with Crippen LogP contribution in [0.4, 0.5) is 5.13 Å². The van der Waals surface area contributed by atoms with Crippen LogP contribution in [0.1, 0.15) is 25.3 Å². The van der Waals surface area contributed by atoms with E-state index in [1.165, 1.54) is 16.9 Å². The quantitative estimate of drug-likeness (QED) is 0.424. The zero-order valence-electron chi connectivity index (χ0n) is 15.1.